The number of halogens is 3. The van der Waals surface area contributed by atoms with Gasteiger partial charge in [-0.3, -0.25) is 0 Å². The first-order valence-electron chi connectivity index (χ1n) is 6.01. The van der Waals surface area contributed by atoms with Gasteiger partial charge < -0.3 is 10.3 Å². The van der Waals surface area contributed by atoms with Gasteiger partial charge in [0.25, 0.3) is 0 Å². The number of fused-ring (bicyclic) bond motifs is 1. The summed E-state index contributed by atoms with van der Waals surface area (Å²) in [5, 5.41) is 11.3. The van der Waals surface area contributed by atoms with E-state index in [1.165, 1.54) is 24.8 Å². The molecule has 0 fully saturated rings. The van der Waals surface area contributed by atoms with Gasteiger partial charge in [0.2, 0.25) is 5.95 Å². The number of aromatic amines is 1. The van der Waals surface area contributed by atoms with Crippen molar-refractivity contribution in [3.63, 3.8) is 0 Å². The van der Waals surface area contributed by atoms with Crippen LogP contribution in [-0.4, -0.2) is 19.9 Å². The van der Waals surface area contributed by atoms with Gasteiger partial charge in [-0.25, -0.2) is 15.0 Å². The Labute approximate surface area is 121 Å². The maximum atomic E-state index is 13.1. The highest BCUT2D eigenvalue weighted by atomic mass is 19.4. The van der Waals surface area contributed by atoms with Crippen LogP contribution in [0.1, 0.15) is 11.1 Å². The third-order valence-corrected chi connectivity index (χ3v) is 2.87. The number of hydrogen-bond acceptors (Lipinski definition) is 5. The fourth-order valence-electron chi connectivity index (χ4n) is 1.92. The maximum absolute atomic E-state index is 13.1. The predicted molar refractivity (Wildman–Crippen MR) is 71.1 cm³/mol. The highest BCUT2D eigenvalue weighted by Crippen LogP contribution is 2.36. The van der Waals surface area contributed by atoms with E-state index in [4.69, 9.17) is 5.26 Å². The largest absolute Gasteiger partial charge is 0.418 e. The Morgan fingerprint density at radius 2 is 1.86 bits per heavy atom. The normalized spacial score (nSPS) is 11.4. The van der Waals surface area contributed by atoms with Crippen molar-refractivity contribution in [1.29, 1.82) is 5.26 Å². The molecule has 110 valence electrons. The van der Waals surface area contributed by atoms with Gasteiger partial charge in [0, 0.05) is 5.69 Å². The van der Waals surface area contributed by atoms with Crippen LogP contribution < -0.4 is 5.32 Å². The zero-order chi connectivity index (χ0) is 15.7. The molecule has 3 rings (SSSR count). The molecule has 2 N–H and O–H groups in total. The molecule has 1 aromatic carbocycles. The molecule has 0 aliphatic rings. The lowest BCUT2D eigenvalue weighted by molar-refractivity contribution is -0.136. The second-order valence-electron chi connectivity index (χ2n) is 4.35. The predicted octanol–water partition coefficient (Wildman–Crippen LogP) is 2.99. The average Bonchev–Trinajstić information content (AvgIpc) is 2.94. The molecule has 6 nitrogen and oxygen atoms in total. The number of alkyl halides is 3. The molecule has 9 heteroatoms. The van der Waals surface area contributed by atoms with Gasteiger partial charge in [-0.2, -0.15) is 18.4 Å². The van der Waals surface area contributed by atoms with E-state index >= 15 is 0 Å². The van der Waals surface area contributed by atoms with Crippen molar-refractivity contribution in [3.8, 4) is 6.07 Å². The van der Waals surface area contributed by atoms with Crippen molar-refractivity contribution in [2.24, 2.45) is 0 Å². The first kappa shape index (κ1) is 13.8. The molecule has 22 heavy (non-hydrogen) atoms. The number of H-pyrrole nitrogens is 1. The Morgan fingerprint density at radius 1 is 1.14 bits per heavy atom. The van der Waals surface area contributed by atoms with Crippen LogP contribution in [0.5, 0.6) is 0 Å². The van der Waals surface area contributed by atoms with Crippen molar-refractivity contribution in [3.05, 3.63) is 42.0 Å². The summed E-state index contributed by atoms with van der Waals surface area (Å²) >= 11 is 0. The summed E-state index contributed by atoms with van der Waals surface area (Å²) in [5.41, 5.74) is -0.355. The van der Waals surface area contributed by atoms with Gasteiger partial charge in [0.05, 0.1) is 35.4 Å². The Balaban J connectivity index is 2.02. The van der Waals surface area contributed by atoms with E-state index in [0.29, 0.717) is 0 Å². The summed E-state index contributed by atoms with van der Waals surface area (Å²) < 4.78 is 39.2. The molecule has 2 heterocycles. The minimum absolute atomic E-state index is 0.0889. The van der Waals surface area contributed by atoms with Crippen molar-refractivity contribution < 1.29 is 13.2 Å². The van der Waals surface area contributed by atoms with Crippen molar-refractivity contribution in [2.75, 3.05) is 5.32 Å². The zero-order valence-electron chi connectivity index (χ0n) is 10.8. The van der Waals surface area contributed by atoms with Gasteiger partial charge in [0.1, 0.15) is 11.6 Å². The van der Waals surface area contributed by atoms with Crippen molar-refractivity contribution >= 4 is 22.7 Å². The van der Waals surface area contributed by atoms with Gasteiger partial charge >= 0.3 is 6.18 Å². The summed E-state index contributed by atoms with van der Waals surface area (Å²) in [6.07, 6.45) is -0.790. The number of nitrogens with one attached hydrogen (secondary N) is 2. The van der Waals surface area contributed by atoms with Gasteiger partial charge in [-0.15, -0.1) is 0 Å². The Morgan fingerprint density at radius 3 is 2.50 bits per heavy atom. The van der Waals surface area contributed by atoms with E-state index in [2.05, 4.69) is 25.3 Å². The standard InChI is InChI=1S/C13H7F3N6/c14-13(15,16)9-1-8(2-10-11(9)21-6-20-10)22-12-18-4-7(3-17)5-19-12/h1-2,4-6H,(H,20,21)(H,18,19,22). The first-order chi connectivity index (χ1) is 10.5. The molecule has 3 aromatic rings. The second kappa shape index (κ2) is 5.00. The van der Waals surface area contributed by atoms with Crippen LogP contribution in [0.2, 0.25) is 0 Å². The lowest BCUT2D eigenvalue weighted by Gasteiger charge is -2.11. The van der Waals surface area contributed by atoms with E-state index in [9.17, 15) is 13.2 Å². The molecular weight excluding hydrogens is 297 g/mol. The number of rotatable bonds is 2. The van der Waals surface area contributed by atoms with E-state index in [0.717, 1.165) is 6.07 Å². The molecule has 0 radical (unpaired) electrons. The summed E-state index contributed by atoms with van der Waals surface area (Å²) in [7, 11) is 0. The van der Waals surface area contributed by atoms with Crippen LogP contribution in [0.15, 0.2) is 30.9 Å². The summed E-state index contributed by atoms with van der Waals surface area (Å²) in [5.74, 6) is 0.0889. The molecule has 0 bridgehead atoms. The second-order valence-corrected chi connectivity index (χ2v) is 4.35. The average molecular weight is 304 g/mol. The number of anilines is 2. The Hall–Kier alpha value is -3.15. The molecule has 0 saturated carbocycles. The quantitative estimate of drug-likeness (QED) is 0.759. The molecule has 0 saturated heterocycles. The molecule has 0 atom stereocenters. The van der Waals surface area contributed by atoms with Crippen LogP contribution in [0, 0.1) is 11.3 Å². The summed E-state index contributed by atoms with van der Waals surface area (Å²) in [6.45, 7) is 0. The monoisotopic (exact) mass is 304 g/mol. The lowest BCUT2D eigenvalue weighted by atomic mass is 10.1. The number of benzene rings is 1. The molecule has 2 aromatic heterocycles. The number of hydrogen-bond donors (Lipinski definition) is 2. The van der Waals surface area contributed by atoms with Crippen LogP contribution in [-0.2, 0) is 6.18 Å². The number of nitriles is 1. The third-order valence-electron chi connectivity index (χ3n) is 2.87. The molecule has 0 aliphatic heterocycles. The number of aromatic nitrogens is 4. The molecule has 0 aliphatic carbocycles. The van der Waals surface area contributed by atoms with E-state index < -0.39 is 11.7 Å². The van der Waals surface area contributed by atoms with E-state index in [1.807, 2.05) is 6.07 Å². The van der Waals surface area contributed by atoms with Gasteiger partial charge in [0.15, 0.2) is 0 Å². The number of imidazole rings is 1. The lowest BCUT2D eigenvalue weighted by Crippen LogP contribution is -2.07. The maximum Gasteiger partial charge on any atom is 0.418 e. The first-order valence-corrected chi connectivity index (χ1v) is 6.01. The highest BCUT2D eigenvalue weighted by Gasteiger charge is 2.34. The van der Waals surface area contributed by atoms with Crippen molar-refractivity contribution in [1.82, 2.24) is 19.9 Å². The SMILES string of the molecule is N#Cc1cnc(Nc2cc(C(F)(F)F)c3nc[nH]c3c2)nc1. The minimum atomic E-state index is -4.53. The van der Waals surface area contributed by atoms with Gasteiger partial charge in [-0.1, -0.05) is 0 Å². The minimum Gasteiger partial charge on any atom is -0.345 e. The molecular formula is C13H7F3N6. The van der Waals surface area contributed by atoms with Crippen LogP contribution in [0.3, 0.4) is 0 Å². The summed E-state index contributed by atoms with van der Waals surface area (Å²) in [4.78, 5) is 14.0. The number of nitrogens with zero attached hydrogens (tertiary/aromatic N) is 4. The molecule has 0 unspecified atom stereocenters. The molecule has 0 spiro atoms. The van der Waals surface area contributed by atoms with E-state index in [1.54, 1.807) is 0 Å². The zero-order valence-corrected chi connectivity index (χ0v) is 10.8. The van der Waals surface area contributed by atoms with Gasteiger partial charge in [-0.05, 0) is 12.1 Å². The Kier molecular flexibility index (Phi) is 3.14. The summed E-state index contributed by atoms with van der Waals surface area (Å²) in [6, 6.07) is 4.26. The topological polar surface area (TPSA) is 90.3 Å². The smallest absolute Gasteiger partial charge is 0.345 e. The third kappa shape index (κ3) is 2.54. The van der Waals surface area contributed by atoms with Crippen molar-refractivity contribution in [2.45, 2.75) is 6.18 Å². The fraction of sp³-hybridized carbons (Fsp3) is 0.0769. The van der Waals surface area contributed by atoms with Crippen LogP contribution in [0.4, 0.5) is 24.8 Å². The van der Waals surface area contributed by atoms with E-state index in [-0.39, 0.29) is 28.2 Å². The Bertz CT molecular complexity index is 860. The fourth-order valence-corrected chi connectivity index (χ4v) is 1.92. The van der Waals surface area contributed by atoms with Crippen LogP contribution >= 0.6 is 0 Å². The molecule has 0 amide bonds. The highest BCUT2D eigenvalue weighted by molar-refractivity contribution is 5.83. The van der Waals surface area contributed by atoms with Crippen LogP contribution in [0.25, 0.3) is 11.0 Å².